The van der Waals surface area contributed by atoms with Crippen LogP contribution in [0.25, 0.3) is 5.69 Å². The van der Waals surface area contributed by atoms with Crippen LogP contribution < -0.4 is 0 Å². The minimum atomic E-state index is -0.938. The number of carboxylic acids is 1. The topological polar surface area (TPSA) is 88.3 Å². The molecule has 1 amide bonds. The summed E-state index contributed by atoms with van der Waals surface area (Å²) in [5.41, 5.74) is 0.401. The number of aromatic nitrogens is 3. The van der Waals surface area contributed by atoms with Crippen LogP contribution in [0.15, 0.2) is 30.9 Å². The molecule has 1 aromatic heterocycles. The number of piperidine rings is 1. The first-order chi connectivity index (χ1) is 11.6. The molecule has 1 unspecified atom stereocenters. The fourth-order valence-electron chi connectivity index (χ4n) is 3.01. The van der Waals surface area contributed by atoms with Crippen LogP contribution in [0.3, 0.4) is 0 Å². The molecule has 126 valence electrons. The fraction of sp³-hybridized carbons (Fsp3) is 0.375. The first kappa shape index (κ1) is 16.1. The maximum absolute atomic E-state index is 14.3. The van der Waals surface area contributed by atoms with Gasteiger partial charge in [0.1, 0.15) is 24.2 Å². The zero-order valence-corrected chi connectivity index (χ0v) is 12.9. The van der Waals surface area contributed by atoms with E-state index in [1.54, 1.807) is 4.90 Å². The number of carboxylic acid groups (broad SMARTS) is 1. The highest BCUT2D eigenvalue weighted by atomic mass is 19.1. The van der Waals surface area contributed by atoms with Crippen molar-refractivity contribution in [1.82, 2.24) is 19.7 Å². The Bertz CT molecular complexity index is 748. The van der Waals surface area contributed by atoms with Crippen LogP contribution in [-0.2, 0) is 4.79 Å². The summed E-state index contributed by atoms with van der Waals surface area (Å²) in [5, 5.41) is 12.9. The summed E-state index contributed by atoms with van der Waals surface area (Å²) in [6.45, 7) is 0.489. The molecule has 2 heterocycles. The summed E-state index contributed by atoms with van der Waals surface area (Å²) < 4.78 is 15.6. The molecule has 0 radical (unpaired) electrons. The van der Waals surface area contributed by atoms with Crippen molar-refractivity contribution < 1.29 is 19.1 Å². The lowest BCUT2D eigenvalue weighted by molar-refractivity contribution is -0.138. The van der Waals surface area contributed by atoms with Crippen molar-refractivity contribution in [2.45, 2.75) is 31.7 Å². The van der Waals surface area contributed by atoms with Gasteiger partial charge in [0.25, 0.3) is 5.91 Å². The van der Waals surface area contributed by atoms with Crippen molar-refractivity contribution in [3.8, 4) is 5.69 Å². The van der Waals surface area contributed by atoms with Gasteiger partial charge in [-0.15, -0.1) is 0 Å². The summed E-state index contributed by atoms with van der Waals surface area (Å²) in [6, 6.07) is 3.80. The zero-order chi connectivity index (χ0) is 17.1. The third kappa shape index (κ3) is 3.27. The largest absolute Gasteiger partial charge is 0.481 e. The normalized spacial score (nSPS) is 17.7. The lowest BCUT2D eigenvalue weighted by atomic mass is 9.98. The second-order valence-electron chi connectivity index (χ2n) is 5.75. The summed E-state index contributed by atoms with van der Waals surface area (Å²) >= 11 is 0. The molecule has 0 spiro atoms. The predicted octanol–water partition coefficient (Wildman–Crippen LogP) is 1.88. The van der Waals surface area contributed by atoms with Crippen molar-refractivity contribution in [3.05, 3.63) is 42.2 Å². The Morgan fingerprint density at radius 3 is 2.83 bits per heavy atom. The first-order valence-electron chi connectivity index (χ1n) is 7.73. The standard InChI is InChI=1S/C16H17FN4O3/c17-13-7-11(4-5-14(13)21-10-18-9-19-21)16(24)20-6-2-1-3-12(20)8-15(22)23/h4-5,7,9-10,12H,1-3,6,8H2,(H,22,23). The molecule has 24 heavy (non-hydrogen) atoms. The van der Waals surface area contributed by atoms with Gasteiger partial charge in [0.15, 0.2) is 0 Å². The Labute approximate surface area is 137 Å². The maximum Gasteiger partial charge on any atom is 0.305 e. The van der Waals surface area contributed by atoms with Gasteiger partial charge in [-0.05, 0) is 37.5 Å². The summed E-state index contributed by atoms with van der Waals surface area (Å²) in [5.74, 6) is -1.87. The van der Waals surface area contributed by atoms with E-state index in [2.05, 4.69) is 10.1 Å². The van der Waals surface area contributed by atoms with E-state index >= 15 is 0 Å². The van der Waals surface area contributed by atoms with E-state index in [0.717, 1.165) is 18.9 Å². The van der Waals surface area contributed by atoms with Crippen molar-refractivity contribution in [1.29, 1.82) is 0 Å². The second-order valence-corrected chi connectivity index (χ2v) is 5.75. The average molecular weight is 332 g/mol. The lowest BCUT2D eigenvalue weighted by Crippen LogP contribution is -2.44. The molecule has 1 aromatic carbocycles. The quantitative estimate of drug-likeness (QED) is 0.923. The molecule has 1 aliphatic rings. The molecule has 3 rings (SSSR count). The molecule has 1 aliphatic heterocycles. The van der Waals surface area contributed by atoms with Crippen molar-refractivity contribution in [2.24, 2.45) is 0 Å². The Kier molecular flexibility index (Phi) is 4.54. The molecule has 1 fully saturated rings. The highest BCUT2D eigenvalue weighted by molar-refractivity contribution is 5.95. The van der Waals surface area contributed by atoms with Gasteiger partial charge in [0.05, 0.1) is 6.42 Å². The average Bonchev–Trinajstić information content (AvgIpc) is 3.08. The lowest BCUT2D eigenvalue weighted by Gasteiger charge is -2.35. The second kappa shape index (κ2) is 6.77. The highest BCUT2D eigenvalue weighted by Gasteiger charge is 2.29. The minimum absolute atomic E-state index is 0.0920. The number of carbonyl (C=O) groups excluding carboxylic acids is 1. The van der Waals surface area contributed by atoms with Gasteiger partial charge < -0.3 is 10.0 Å². The van der Waals surface area contributed by atoms with Crippen molar-refractivity contribution in [2.75, 3.05) is 6.54 Å². The van der Waals surface area contributed by atoms with Gasteiger partial charge in [-0.2, -0.15) is 5.10 Å². The number of aliphatic carboxylic acids is 1. The van der Waals surface area contributed by atoms with Gasteiger partial charge in [-0.3, -0.25) is 9.59 Å². The minimum Gasteiger partial charge on any atom is -0.481 e. The predicted molar refractivity (Wildman–Crippen MR) is 82.2 cm³/mol. The Balaban J connectivity index is 1.83. The van der Waals surface area contributed by atoms with Gasteiger partial charge in [-0.25, -0.2) is 14.1 Å². The number of likely N-dealkylation sites (tertiary alicyclic amines) is 1. The number of hydrogen-bond acceptors (Lipinski definition) is 4. The molecule has 8 heteroatoms. The van der Waals surface area contributed by atoms with Crippen LogP contribution in [0.4, 0.5) is 4.39 Å². The molecule has 1 atom stereocenters. The number of carbonyl (C=O) groups is 2. The monoisotopic (exact) mass is 332 g/mol. The third-order valence-electron chi connectivity index (χ3n) is 4.16. The Hall–Kier alpha value is -2.77. The molecule has 0 aliphatic carbocycles. The molecule has 0 bridgehead atoms. The molecular formula is C16H17FN4O3. The van der Waals surface area contributed by atoms with E-state index in [9.17, 15) is 14.0 Å². The summed E-state index contributed by atoms with van der Waals surface area (Å²) in [6.07, 6.45) is 4.93. The van der Waals surface area contributed by atoms with Crippen LogP contribution in [0.1, 0.15) is 36.0 Å². The van der Waals surface area contributed by atoms with Gasteiger partial charge in [0, 0.05) is 18.2 Å². The van der Waals surface area contributed by atoms with Gasteiger partial charge in [0.2, 0.25) is 0 Å². The SMILES string of the molecule is O=C(O)CC1CCCCN1C(=O)c1ccc(-n2cncn2)c(F)c1. The van der Waals surface area contributed by atoms with Crippen LogP contribution in [0.5, 0.6) is 0 Å². The molecule has 0 saturated carbocycles. The first-order valence-corrected chi connectivity index (χ1v) is 7.73. The van der Waals surface area contributed by atoms with Crippen LogP contribution >= 0.6 is 0 Å². The highest BCUT2D eigenvalue weighted by Crippen LogP contribution is 2.23. The van der Waals surface area contributed by atoms with E-state index in [1.807, 2.05) is 0 Å². The number of rotatable bonds is 4. The van der Waals surface area contributed by atoms with Crippen molar-refractivity contribution >= 4 is 11.9 Å². The smallest absolute Gasteiger partial charge is 0.305 e. The Morgan fingerprint density at radius 2 is 2.17 bits per heavy atom. The molecule has 1 N–H and O–H groups in total. The number of hydrogen-bond donors (Lipinski definition) is 1. The van der Waals surface area contributed by atoms with E-state index in [-0.39, 0.29) is 29.6 Å². The van der Waals surface area contributed by atoms with Crippen molar-refractivity contribution in [3.63, 3.8) is 0 Å². The molecule has 2 aromatic rings. The number of amides is 1. The van der Waals surface area contributed by atoms with Crippen LogP contribution in [0.2, 0.25) is 0 Å². The Morgan fingerprint density at radius 1 is 1.33 bits per heavy atom. The number of halogens is 1. The molecule has 1 saturated heterocycles. The van der Waals surface area contributed by atoms with Gasteiger partial charge in [-0.1, -0.05) is 0 Å². The fourth-order valence-corrected chi connectivity index (χ4v) is 3.01. The number of benzene rings is 1. The van der Waals surface area contributed by atoms with Crippen LogP contribution in [-0.4, -0.2) is 49.2 Å². The van der Waals surface area contributed by atoms with E-state index in [4.69, 9.17) is 5.11 Å². The number of nitrogens with zero attached hydrogens (tertiary/aromatic N) is 4. The van der Waals surface area contributed by atoms with Crippen LogP contribution in [0, 0.1) is 5.82 Å². The van der Waals surface area contributed by atoms with E-state index < -0.39 is 11.8 Å². The molecular weight excluding hydrogens is 315 g/mol. The van der Waals surface area contributed by atoms with Gasteiger partial charge >= 0.3 is 5.97 Å². The summed E-state index contributed by atoms with van der Waals surface area (Å²) in [7, 11) is 0. The zero-order valence-electron chi connectivity index (χ0n) is 12.9. The van der Waals surface area contributed by atoms with E-state index in [0.29, 0.717) is 13.0 Å². The molecule has 7 nitrogen and oxygen atoms in total. The maximum atomic E-state index is 14.3. The third-order valence-corrected chi connectivity index (χ3v) is 4.16. The van der Waals surface area contributed by atoms with E-state index in [1.165, 1.54) is 29.5 Å². The summed E-state index contributed by atoms with van der Waals surface area (Å²) in [4.78, 5) is 29.0.